The summed E-state index contributed by atoms with van der Waals surface area (Å²) >= 11 is 0. The molecule has 3 aromatic carbocycles. The van der Waals surface area contributed by atoms with Crippen molar-refractivity contribution in [2.24, 2.45) is 0 Å². The first-order valence-electron chi connectivity index (χ1n) is 8.79. The van der Waals surface area contributed by atoms with Crippen molar-refractivity contribution in [3.63, 3.8) is 0 Å². The van der Waals surface area contributed by atoms with Crippen LogP contribution in [0.2, 0.25) is 0 Å². The molecule has 0 bridgehead atoms. The summed E-state index contributed by atoms with van der Waals surface area (Å²) in [6, 6.07) is 9.15. The molecule has 0 saturated carbocycles. The molecule has 3 aromatic rings. The third kappa shape index (κ3) is 2.86. The van der Waals surface area contributed by atoms with Crippen LogP contribution < -0.4 is 9.47 Å². The number of benzene rings is 3. The zero-order chi connectivity index (χ0) is 20.7. The highest BCUT2D eigenvalue weighted by Crippen LogP contribution is 2.47. The number of fused-ring (bicyclic) bond motifs is 3. The van der Waals surface area contributed by atoms with E-state index in [2.05, 4.69) is 0 Å². The molecule has 0 radical (unpaired) electrons. The van der Waals surface area contributed by atoms with Crippen molar-refractivity contribution < 1.29 is 32.9 Å². The normalized spacial score (nSPS) is 12.1. The number of carbonyl (C=O) groups is 2. The molecule has 7 heteroatoms. The molecule has 6 nitrogen and oxygen atoms in total. The van der Waals surface area contributed by atoms with Crippen LogP contribution in [0.3, 0.4) is 0 Å². The zero-order valence-corrected chi connectivity index (χ0v) is 16.0. The van der Waals surface area contributed by atoms with E-state index < -0.39 is 17.8 Å². The second kappa shape index (κ2) is 7.09. The molecule has 148 valence electrons. The second-order valence-electron chi connectivity index (χ2n) is 6.46. The molecule has 29 heavy (non-hydrogen) atoms. The van der Waals surface area contributed by atoms with Gasteiger partial charge in [0.2, 0.25) is 6.79 Å². The van der Waals surface area contributed by atoms with E-state index in [-0.39, 0.29) is 17.9 Å². The van der Waals surface area contributed by atoms with E-state index in [1.807, 2.05) is 0 Å². The van der Waals surface area contributed by atoms with Gasteiger partial charge in [-0.1, -0.05) is 18.2 Å². The lowest BCUT2D eigenvalue weighted by molar-refractivity contribution is 0.0555. The first-order valence-corrected chi connectivity index (χ1v) is 8.79. The maximum atomic E-state index is 13.6. The van der Waals surface area contributed by atoms with Crippen molar-refractivity contribution in [3.05, 3.63) is 58.9 Å². The van der Waals surface area contributed by atoms with E-state index in [1.165, 1.54) is 38.5 Å². The molecule has 4 rings (SSSR count). The zero-order valence-electron chi connectivity index (χ0n) is 16.0. The van der Waals surface area contributed by atoms with Crippen LogP contribution in [0.4, 0.5) is 4.39 Å². The average molecular weight is 396 g/mol. The lowest BCUT2D eigenvalue weighted by Gasteiger charge is -2.19. The van der Waals surface area contributed by atoms with Crippen LogP contribution in [0.1, 0.15) is 26.3 Å². The number of esters is 2. The SMILES string of the molecule is COC(=O)c1c(C(=O)OC)c(-c2ccc(F)cc2)c2c3c(ccc2c1C)OCO3. The summed E-state index contributed by atoms with van der Waals surface area (Å²) in [5, 5.41) is 1.26. The van der Waals surface area contributed by atoms with Crippen LogP contribution >= 0.6 is 0 Å². The maximum Gasteiger partial charge on any atom is 0.339 e. The first kappa shape index (κ1) is 18.7. The Balaban J connectivity index is 2.25. The van der Waals surface area contributed by atoms with Gasteiger partial charge in [-0.2, -0.15) is 0 Å². The van der Waals surface area contributed by atoms with Gasteiger partial charge in [0.1, 0.15) is 5.82 Å². The topological polar surface area (TPSA) is 71.1 Å². The highest BCUT2D eigenvalue weighted by Gasteiger charge is 2.31. The number of ether oxygens (including phenoxy) is 4. The molecule has 0 atom stereocenters. The highest BCUT2D eigenvalue weighted by atomic mass is 19.1. The Morgan fingerprint density at radius 2 is 1.59 bits per heavy atom. The molecular formula is C22H17FO6. The van der Waals surface area contributed by atoms with Crippen LogP contribution in [0, 0.1) is 12.7 Å². The van der Waals surface area contributed by atoms with Gasteiger partial charge in [0.25, 0.3) is 0 Å². The fourth-order valence-electron chi connectivity index (χ4n) is 3.67. The van der Waals surface area contributed by atoms with Crippen molar-refractivity contribution in [2.75, 3.05) is 21.0 Å². The molecule has 0 amide bonds. The van der Waals surface area contributed by atoms with Crippen LogP contribution in [-0.4, -0.2) is 33.0 Å². The summed E-state index contributed by atoms with van der Waals surface area (Å²) in [6.45, 7) is 1.75. The minimum Gasteiger partial charge on any atom is -0.465 e. The Hall–Kier alpha value is -3.61. The number of carbonyl (C=O) groups excluding carboxylic acids is 2. The molecule has 0 saturated heterocycles. The van der Waals surface area contributed by atoms with Gasteiger partial charge < -0.3 is 18.9 Å². The van der Waals surface area contributed by atoms with E-state index in [0.717, 1.165) is 0 Å². The van der Waals surface area contributed by atoms with Crippen LogP contribution in [0.15, 0.2) is 36.4 Å². The standard InChI is InChI=1S/C22H17FO6/c1-11-14-8-9-15-20(29-10-28-15)18(14)17(12-4-6-13(23)7-5-12)19(22(25)27-3)16(11)21(24)26-2/h4-9H,10H2,1-3H3. The van der Waals surface area contributed by atoms with Crippen molar-refractivity contribution >= 4 is 22.7 Å². The molecule has 0 aliphatic carbocycles. The summed E-state index contributed by atoms with van der Waals surface area (Å²) in [5.41, 5.74) is 1.56. The van der Waals surface area contributed by atoms with E-state index in [0.29, 0.717) is 39.0 Å². The number of hydrogen-bond acceptors (Lipinski definition) is 6. The van der Waals surface area contributed by atoms with E-state index >= 15 is 0 Å². The first-order chi connectivity index (χ1) is 14.0. The lowest BCUT2D eigenvalue weighted by Crippen LogP contribution is -2.16. The van der Waals surface area contributed by atoms with Gasteiger partial charge in [0, 0.05) is 10.9 Å². The molecule has 0 fully saturated rings. The minimum atomic E-state index is -0.716. The van der Waals surface area contributed by atoms with Crippen LogP contribution in [-0.2, 0) is 9.47 Å². The number of rotatable bonds is 3. The Bertz CT molecular complexity index is 1150. The third-order valence-corrected chi connectivity index (χ3v) is 4.98. The van der Waals surface area contributed by atoms with Gasteiger partial charge >= 0.3 is 11.9 Å². The van der Waals surface area contributed by atoms with Crippen molar-refractivity contribution in [2.45, 2.75) is 6.92 Å². The Labute approximate surface area is 165 Å². The van der Waals surface area contributed by atoms with E-state index in [4.69, 9.17) is 18.9 Å². The van der Waals surface area contributed by atoms with Gasteiger partial charge in [-0.05, 0) is 41.6 Å². The van der Waals surface area contributed by atoms with Gasteiger partial charge in [-0.25, -0.2) is 14.0 Å². The molecule has 1 aliphatic heterocycles. The smallest absolute Gasteiger partial charge is 0.339 e. The molecule has 0 spiro atoms. The average Bonchev–Trinajstić information content (AvgIpc) is 3.22. The summed E-state index contributed by atoms with van der Waals surface area (Å²) in [6.07, 6.45) is 0. The second-order valence-corrected chi connectivity index (χ2v) is 6.46. The Morgan fingerprint density at radius 1 is 0.931 bits per heavy atom. The van der Waals surface area contributed by atoms with Crippen molar-refractivity contribution in [3.8, 4) is 22.6 Å². The van der Waals surface area contributed by atoms with Crippen molar-refractivity contribution in [1.29, 1.82) is 0 Å². The van der Waals surface area contributed by atoms with Gasteiger partial charge in [0.05, 0.1) is 25.3 Å². The molecule has 1 heterocycles. The molecule has 0 unspecified atom stereocenters. The molecule has 1 aliphatic rings. The van der Waals surface area contributed by atoms with Gasteiger partial charge in [-0.15, -0.1) is 0 Å². The quantitative estimate of drug-likeness (QED) is 0.616. The maximum absolute atomic E-state index is 13.6. The summed E-state index contributed by atoms with van der Waals surface area (Å²) in [7, 11) is 2.47. The Kier molecular flexibility index (Phi) is 4.58. The van der Waals surface area contributed by atoms with E-state index in [9.17, 15) is 14.0 Å². The number of aryl methyl sites for hydroxylation is 1. The Morgan fingerprint density at radius 3 is 2.24 bits per heavy atom. The van der Waals surface area contributed by atoms with E-state index in [1.54, 1.807) is 19.1 Å². The number of halogens is 1. The highest BCUT2D eigenvalue weighted by molar-refractivity contribution is 6.18. The number of hydrogen-bond donors (Lipinski definition) is 0. The lowest BCUT2D eigenvalue weighted by atomic mass is 9.85. The van der Waals surface area contributed by atoms with Crippen molar-refractivity contribution in [1.82, 2.24) is 0 Å². The largest absolute Gasteiger partial charge is 0.465 e. The summed E-state index contributed by atoms with van der Waals surface area (Å²) < 4.78 is 34.7. The van der Waals surface area contributed by atoms with Crippen LogP contribution in [0.5, 0.6) is 11.5 Å². The predicted molar refractivity (Wildman–Crippen MR) is 103 cm³/mol. The molecular weight excluding hydrogens is 379 g/mol. The summed E-state index contributed by atoms with van der Waals surface area (Å²) in [4.78, 5) is 25.5. The monoisotopic (exact) mass is 396 g/mol. The fraction of sp³-hybridized carbons (Fsp3) is 0.182. The van der Waals surface area contributed by atoms with Crippen LogP contribution in [0.25, 0.3) is 21.9 Å². The van der Waals surface area contributed by atoms with Gasteiger partial charge in [0.15, 0.2) is 11.5 Å². The molecule has 0 aromatic heterocycles. The molecule has 0 N–H and O–H groups in total. The fourth-order valence-corrected chi connectivity index (χ4v) is 3.67. The third-order valence-electron chi connectivity index (χ3n) is 4.98. The number of methoxy groups -OCH3 is 2. The predicted octanol–water partition coefficient (Wildman–Crippen LogP) is 4.26. The minimum absolute atomic E-state index is 0.0276. The summed E-state index contributed by atoms with van der Waals surface area (Å²) in [5.74, 6) is -0.853. The van der Waals surface area contributed by atoms with Gasteiger partial charge in [-0.3, -0.25) is 0 Å².